The first-order chi connectivity index (χ1) is 24.9. The Morgan fingerprint density at radius 2 is 1.08 bits per heavy atom. The molecule has 2 unspecified atom stereocenters. The highest BCUT2D eigenvalue weighted by Crippen LogP contribution is 2.64. The number of carbonyl (C=O) groups excluding carboxylic acids is 2. The van der Waals surface area contributed by atoms with E-state index in [9.17, 15) is 31.3 Å². The van der Waals surface area contributed by atoms with E-state index in [2.05, 4.69) is 0 Å². The Balaban J connectivity index is 1.17. The minimum Gasteiger partial charge on any atom is -0.426 e. The molecule has 7 aliphatic carbocycles. The number of hydrogen-bond acceptors (Lipinski definition) is 6. The topological polar surface area (TPSA) is 107 Å². The fourth-order valence-corrected chi connectivity index (χ4v) is 11.5. The predicted octanol–water partition coefficient (Wildman–Crippen LogP) is 8.21. The third-order valence-corrected chi connectivity index (χ3v) is 13.2. The molecule has 4 saturated carbocycles. The van der Waals surface area contributed by atoms with Crippen molar-refractivity contribution in [2.24, 2.45) is 29.1 Å². The largest absolute Gasteiger partial charge is 0.426 e. The number of halogens is 4. The van der Waals surface area contributed by atoms with Crippen molar-refractivity contribution in [1.82, 2.24) is 0 Å². The molecule has 2 atom stereocenters. The molecule has 0 aliphatic heterocycles. The van der Waals surface area contributed by atoms with Crippen molar-refractivity contribution in [3.8, 4) is 11.5 Å². The Morgan fingerprint density at radius 3 is 1.56 bits per heavy atom. The fraction of sp³-hybridized carbons (Fsp3) is 0.350. The summed E-state index contributed by atoms with van der Waals surface area (Å²) < 4.78 is 104. The van der Waals surface area contributed by atoms with Crippen molar-refractivity contribution in [2.45, 2.75) is 61.2 Å². The second-order valence-electron chi connectivity index (χ2n) is 15.2. The number of fused-ring (bicyclic) bond motifs is 1. The van der Waals surface area contributed by atoms with Gasteiger partial charge in [0, 0.05) is 17.8 Å². The normalized spacial score (nSPS) is 29.4. The lowest BCUT2D eigenvalue weighted by Crippen LogP contribution is -2.51. The van der Waals surface area contributed by atoms with E-state index < -0.39 is 79.1 Å². The van der Waals surface area contributed by atoms with Crippen LogP contribution in [0.4, 0.5) is 17.6 Å². The third kappa shape index (κ3) is 4.89. The molecule has 0 amide bonds. The van der Waals surface area contributed by atoms with Crippen molar-refractivity contribution in [3.05, 3.63) is 124 Å². The van der Waals surface area contributed by atoms with Crippen molar-refractivity contribution in [3.63, 3.8) is 0 Å². The van der Waals surface area contributed by atoms with E-state index in [0.717, 1.165) is 60.8 Å². The Labute approximate surface area is 296 Å². The van der Waals surface area contributed by atoms with Crippen LogP contribution in [0.25, 0.3) is 0 Å². The number of carbonyl (C=O) groups is 2. The summed E-state index contributed by atoms with van der Waals surface area (Å²) in [5, 5.41) is 0. The molecular formula is C40H32F4O7S. The van der Waals surface area contributed by atoms with Gasteiger partial charge in [-0.1, -0.05) is 66.7 Å². The molecule has 0 spiro atoms. The highest BCUT2D eigenvalue weighted by atomic mass is 32.2. The van der Waals surface area contributed by atoms with Crippen molar-refractivity contribution in [1.29, 1.82) is 0 Å². The Kier molecular flexibility index (Phi) is 7.51. The Morgan fingerprint density at radius 1 is 0.635 bits per heavy atom. The molecule has 268 valence electrons. The summed E-state index contributed by atoms with van der Waals surface area (Å²) in [7, 11) is -5.74. The van der Waals surface area contributed by atoms with Gasteiger partial charge in [-0.2, -0.15) is 17.2 Å². The Bertz CT molecular complexity index is 2190. The highest BCUT2D eigenvalue weighted by Gasteiger charge is 2.57. The van der Waals surface area contributed by atoms with Gasteiger partial charge in [0.15, 0.2) is 16.5 Å². The minimum atomic E-state index is -5.74. The van der Waals surface area contributed by atoms with Crippen molar-refractivity contribution in [2.75, 3.05) is 0 Å². The number of ether oxygens (including phenoxy) is 2. The maximum absolute atomic E-state index is 15.3. The summed E-state index contributed by atoms with van der Waals surface area (Å²) in [5.74, 6) is -14.6. The second-order valence-corrected chi connectivity index (χ2v) is 16.6. The first-order valence-corrected chi connectivity index (χ1v) is 18.8. The predicted molar refractivity (Wildman–Crippen MR) is 177 cm³/mol. The van der Waals surface area contributed by atoms with E-state index in [0.29, 0.717) is 23.3 Å². The van der Waals surface area contributed by atoms with Crippen LogP contribution in [-0.2, 0) is 19.7 Å². The van der Waals surface area contributed by atoms with Gasteiger partial charge < -0.3 is 9.47 Å². The van der Waals surface area contributed by atoms with Crippen molar-refractivity contribution >= 4 is 22.1 Å². The molecule has 0 heterocycles. The minimum absolute atomic E-state index is 0.237. The van der Waals surface area contributed by atoms with E-state index in [4.69, 9.17) is 9.47 Å². The van der Waals surface area contributed by atoms with Gasteiger partial charge in [-0.3, -0.25) is 14.1 Å². The van der Waals surface area contributed by atoms with Crippen LogP contribution in [-0.4, -0.2) is 24.9 Å². The molecule has 12 heteroatoms. The smallest absolute Gasteiger partial charge is 0.317 e. The monoisotopic (exact) mass is 732 g/mol. The van der Waals surface area contributed by atoms with E-state index in [1.54, 1.807) is 36.4 Å². The average molecular weight is 733 g/mol. The highest BCUT2D eigenvalue weighted by molar-refractivity contribution is 7.85. The molecule has 4 aromatic carbocycles. The summed E-state index contributed by atoms with van der Waals surface area (Å²) in [6.45, 7) is 0. The summed E-state index contributed by atoms with van der Waals surface area (Å²) in [5.41, 5.74) is 3.13. The maximum atomic E-state index is 15.3. The van der Waals surface area contributed by atoms with Gasteiger partial charge in [0.1, 0.15) is 5.75 Å². The molecule has 11 rings (SSSR count). The zero-order valence-corrected chi connectivity index (χ0v) is 28.3. The number of benzene rings is 4. The fourth-order valence-electron chi connectivity index (χ4n) is 10.8. The van der Waals surface area contributed by atoms with E-state index in [1.165, 1.54) is 0 Å². The van der Waals surface area contributed by atoms with Crippen LogP contribution in [0.3, 0.4) is 0 Å². The lowest BCUT2D eigenvalue weighted by atomic mass is 9.49. The molecule has 52 heavy (non-hydrogen) atoms. The first-order valence-electron chi connectivity index (χ1n) is 17.4. The summed E-state index contributed by atoms with van der Waals surface area (Å²) >= 11 is 0. The van der Waals surface area contributed by atoms with Crippen LogP contribution in [0.5, 0.6) is 11.5 Å². The number of esters is 2. The first kappa shape index (κ1) is 33.3. The number of hydrogen-bond donors (Lipinski definition) is 1. The van der Waals surface area contributed by atoms with Crippen LogP contribution in [0, 0.1) is 52.4 Å². The molecule has 1 N–H and O–H groups in total. The molecule has 0 radical (unpaired) electrons. The quantitative estimate of drug-likeness (QED) is 0.0701. The second kappa shape index (κ2) is 11.7. The average Bonchev–Trinajstić information content (AvgIpc) is 3.11. The molecular weight excluding hydrogens is 700 g/mol. The van der Waals surface area contributed by atoms with Crippen LogP contribution < -0.4 is 9.47 Å². The molecule has 7 aliphatic rings. The van der Waals surface area contributed by atoms with Crippen molar-refractivity contribution < 1.29 is 49.6 Å². The van der Waals surface area contributed by atoms with Crippen LogP contribution in [0.2, 0.25) is 0 Å². The lowest BCUT2D eigenvalue weighted by molar-refractivity contribution is -0.161. The van der Waals surface area contributed by atoms with Gasteiger partial charge in [-0.25, -0.2) is 8.78 Å². The molecule has 0 saturated heterocycles. The molecule has 6 bridgehead atoms. The third-order valence-electron chi connectivity index (χ3n) is 12.3. The standard InChI is InChI=1S/C40H32F4O7S/c41-32-34(43)37(52(47,48)49)35(44)33(42)36(32)51-38(45)31-29-24-9-3-1-7-22(24)28(23-8-2-4-10-25(23)29)30(31)26-11-5-6-12-27(26)50-39(46)40-16-19-13-20(17-40)15-21(14-19)18-40/h1-12,19-21,28-31H,13-18H2,(H,47,48,49). The number of para-hydroxylation sites is 1. The lowest BCUT2D eigenvalue weighted by Gasteiger charge is -2.55. The van der Waals surface area contributed by atoms with Gasteiger partial charge >= 0.3 is 22.1 Å². The summed E-state index contributed by atoms with van der Waals surface area (Å²) in [4.78, 5) is 26.4. The number of rotatable bonds is 6. The van der Waals surface area contributed by atoms with Gasteiger partial charge in [0.05, 0.1) is 11.3 Å². The summed E-state index contributed by atoms with van der Waals surface area (Å²) in [6, 6.07) is 21.7. The molecule has 4 aromatic rings. The van der Waals surface area contributed by atoms with E-state index in [-0.39, 0.29) is 11.7 Å². The van der Waals surface area contributed by atoms with Gasteiger partial charge in [-0.15, -0.1) is 0 Å². The Hall–Kier alpha value is -4.55. The van der Waals surface area contributed by atoms with Crippen LogP contribution >= 0.6 is 0 Å². The maximum Gasteiger partial charge on any atom is 0.317 e. The summed E-state index contributed by atoms with van der Waals surface area (Å²) in [6.07, 6.45) is 5.69. The molecule has 4 fully saturated rings. The molecule has 7 nitrogen and oxygen atoms in total. The van der Waals surface area contributed by atoms with Gasteiger partial charge in [0.2, 0.25) is 17.4 Å². The van der Waals surface area contributed by atoms with Gasteiger partial charge in [0.25, 0.3) is 0 Å². The zero-order chi connectivity index (χ0) is 36.3. The van der Waals surface area contributed by atoms with Crippen LogP contribution in [0.1, 0.15) is 84.1 Å². The van der Waals surface area contributed by atoms with Crippen LogP contribution in [0.15, 0.2) is 77.7 Å². The molecule has 0 aromatic heterocycles. The van der Waals surface area contributed by atoms with E-state index >= 15 is 8.78 Å². The van der Waals surface area contributed by atoms with Gasteiger partial charge in [-0.05, 0) is 90.2 Å². The van der Waals surface area contributed by atoms with E-state index in [1.807, 2.05) is 36.4 Å². The SMILES string of the molecule is O=C(Oc1c(F)c(F)c(S(=O)(=O)O)c(F)c1F)C1C2c3ccccc3C(c3ccccc32)C1c1ccccc1OC(=O)C12CC3CC(CC(C3)C1)C2. The zero-order valence-electron chi connectivity index (χ0n) is 27.5.